The summed E-state index contributed by atoms with van der Waals surface area (Å²) >= 11 is 0. The normalized spacial score (nSPS) is 20.2. The molecule has 0 aromatic rings. The Morgan fingerprint density at radius 3 is 2.83 bits per heavy atom. The predicted octanol–water partition coefficient (Wildman–Crippen LogP) is 0.439. The molecule has 1 unspecified atom stereocenters. The number of hydrogen-bond acceptors (Lipinski definition) is 5. The lowest BCUT2D eigenvalue weighted by Gasteiger charge is -2.28. The zero-order valence-corrected chi connectivity index (χ0v) is 11.7. The zero-order valence-electron chi connectivity index (χ0n) is 11.7. The van der Waals surface area contributed by atoms with Gasteiger partial charge in [-0.2, -0.15) is 0 Å². The van der Waals surface area contributed by atoms with Gasteiger partial charge in [0.25, 0.3) is 0 Å². The van der Waals surface area contributed by atoms with E-state index >= 15 is 0 Å². The van der Waals surface area contributed by atoms with E-state index in [0.717, 1.165) is 25.9 Å². The minimum absolute atomic E-state index is 0.127. The Morgan fingerprint density at radius 2 is 2.22 bits per heavy atom. The van der Waals surface area contributed by atoms with Crippen LogP contribution in [0.25, 0.3) is 0 Å². The summed E-state index contributed by atoms with van der Waals surface area (Å²) in [6, 6.07) is 0. The molecule has 1 amide bonds. The van der Waals surface area contributed by atoms with Gasteiger partial charge in [0.15, 0.2) is 0 Å². The van der Waals surface area contributed by atoms with Crippen LogP contribution in [-0.2, 0) is 4.74 Å². The molecule has 1 saturated heterocycles. The maximum Gasteiger partial charge on any atom is 0.412 e. The number of ether oxygens (including phenoxy) is 1. The van der Waals surface area contributed by atoms with Crippen LogP contribution in [0.5, 0.6) is 0 Å². The number of nitrogens with zero attached hydrogens (tertiary/aromatic N) is 1. The first-order valence-corrected chi connectivity index (χ1v) is 6.60. The summed E-state index contributed by atoms with van der Waals surface area (Å²) in [6.45, 7) is 8.62. The lowest BCUT2D eigenvalue weighted by molar-refractivity contribution is 0.0188. The van der Waals surface area contributed by atoms with Crippen LogP contribution in [0.4, 0.5) is 4.79 Å². The number of unbranched alkanes of at least 4 members (excludes halogenated alkanes) is 1. The minimum atomic E-state index is -0.455. The highest BCUT2D eigenvalue weighted by Gasteiger charge is 2.31. The van der Waals surface area contributed by atoms with E-state index in [1.165, 1.54) is 0 Å². The molecule has 1 rings (SSSR count). The van der Waals surface area contributed by atoms with Gasteiger partial charge in [-0.25, -0.2) is 4.79 Å². The fourth-order valence-corrected chi connectivity index (χ4v) is 1.77. The Bertz CT molecular complexity index is 265. The molecule has 0 aliphatic carbocycles. The first-order chi connectivity index (χ1) is 8.44. The first-order valence-electron chi connectivity index (χ1n) is 6.60. The Labute approximate surface area is 109 Å². The molecular formula is C12H26N4O2. The lowest BCUT2D eigenvalue weighted by atomic mass is 10.2. The maximum atomic E-state index is 12.0. The number of hydrogen-bond donors (Lipinski definition) is 3. The van der Waals surface area contributed by atoms with E-state index < -0.39 is 5.60 Å². The Morgan fingerprint density at radius 1 is 1.50 bits per heavy atom. The van der Waals surface area contributed by atoms with E-state index in [1.807, 2.05) is 20.8 Å². The Balaban J connectivity index is 2.36. The molecule has 0 saturated carbocycles. The molecule has 4 N–H and O–H groups in total. The Kier molecular flexibility index (Phi) is 5.84. The summed E-state index contributed by atoms with van der Waals surface area (Å²) < 4.78 is 5.37. The van der Waals surface area contributed by atoms with Gasteiger partial charge in [-0.15, -0.1) is 0 Å². The topological polar surface area (TPSA) is 79.6 Å². The number of rotatable bonds is 5. The second-order valence-corrected chi connectivity index (χ2v) is 5.48. The van der Waals surface area contributed by atoms with Gasteiger partial charge in [-0.05, 0) is 46.7 Å². The highest BCUT2D eigenvalue weighted by atomic mass is 16.6. The highest BCUT2D eigenvalue weighted by molar-refractivity contribution is 5.68. The number of carbonyl (C=O) groups is 1. The summed E-state index contributed by atoms with van der Waals surface area (Å²) in [4.78, 5) is 13.7. The quantitative estimate of drug-likeness (QED) is 0.624. The second kappa shape index (κ2) is 6.92. The number of nitrogens with one attached hydrogen (secondary N) is 2. The third kappa shape index (κ3) is 5.20. The molecule has 6 heteroatoms. The minimum Gasteiger partial charge on any atom is -0.444 e. The fraction of sp³-hybridized carbons (Fsp3) is 0.917. The van der Waals surface area contributed by atoms with E-state index in [9.17, 15) is 4.79 Å². The Hall–Kier alpha value is -0.850. The van der Waals surface area contributed by atoms with Crippen LogP contribution in [0.3, 0.4) is 0 Å². The van der Waals surface area contributed by atoms with Crippen molar-refractivity contribution in [3.8, 4) is 0 Å². The van der Waals surface area contributed by atoms with E-state index in [0.29, 0.717) is 13.1 Å². The van der Waals surface area contributed by atoms with Gasteiger partial charge < -0.3 is 10.5 Å². The SMILES string of the molecule is CC(C)(C)OC(=O)N1CCNC1NCCCCN. The molecule has 1 heterocycles. The molecule has 0 radical (unpaired) electrons. The summed E-state index contributed by atoms with van der Waals surface area (Å²) in [6.07, 6.45) is 1.60. The van der Waals surface area contributed by atoms with Crippen molar-refractivity contribution in [3.05, 3.63) is 0 Å². The number of nitrogens with two attached hydrogens (primary N) is 1. The third-order valence-corrected chi connectivity index (χ3v) is 2.60. The molecule has 1 atom stereocenters. The lowest BCUT2D eigenvalue weighted by Crippen LogP contribution is -2.51. The molecule has 6 nitrogen and oxygen atoms in total. The van der Waals surface area contributed by atoms with E-state index in [2.05, 4.69) is 10.6 Å². The average Bonchev–Trinajstić information content (AvgIpc) is 2.70. The van der Waals surface area contributed by atoms with Crippen molar-refractivity contribution in [3.63, 3.8) is 0 Å². The monoisotopic (exact) mass is 258 g/mol. The van der Waals surface area contributed by atoms with Crippen molar-refractivity contribution >= 4 is 6.09 Å². The fourth-order valence-electron chi connectivity index (χ4n) is 1.77. The number of amides is 1. The average molecular weight is 258 g/mol. The molecule has 1 aliphatic heterocycles. The van der Waals surface area contributed by atoms with Crippen molar-refractivity contribution in [1.82, 2.24) is 15.5 Å². The molecule has 0 bridgehead atoms. The largest absolute Gasteiger partial charge is 0.444 e. The van der Waals surface area contributed by atoms with Crippen molar-refractivity contribution in [1.29, 1.82) is 0 Å². The molecule has 0 spiro atoms. The van der Waals surface area contributed by atoms with Crippen LogP contribution in [-0.4, -0.2) is 49.1 Å². The van der Waals surface area contributed by atoms with Gasteiger partial charge in [0.2, 0.25) is 0 Å². The first kappa shape index (κ1) is 15.2. The van der Waals surface area contributed by atoms with E-state index in [4.69, 9.17) is 10.5 Å². The number of carbonyl (C=O) groups excluding carboxylic acids is 1. The van der Waals surface area contributed by atoms with Gasteiger partial charge in [-0.3, -0.25) is 15.5 Å². The van der Waals surface area contributed by atoms with Crippen molar-refractivity contribution in [2.45, 2.75) is 45.5 Å². The predicted molar refractivity (Wildman–Crippen MR) is 71.0 cm³/mol. The van der Waals surface area contributed by atoms with Crippen LogP contribution >= 0.6 is 0 Å². The smallest absolute Gasteiger partial charge is 0.412 e. The van der Waals surface area contributed by atoms with Crippen LogP contribution in [0, 0.1) is 0 Å². The van der Waals surface area contributed by atoms with Gasteiger partial charge >= 0.3 is 6.09 Å². The standard InChI is InChI=1S/C12H26N4O2/c1-12(2,3)18-11(17)16-9-8-15-10(16)14-7-5-4-6-13/h10,14-15H,4-9,13H2,1-3H3. The van der Waals surface area contributed by atoms with E-state index in [-0.39, 0.29) is 12.4 Å². The van der Waals surface area contributed by atoms with Crippen LogP contribution in [0.15, 0.2) is 0 Å². The van der Waals surface area contributed by atoms with Gasteiger partial charge in [0.1, 0.15) is 11.9 Å². The molecule has 1 fully saturated rings. The van der Waals surface area contributed by atoms with Crippen molar-refractivity contribution < 1.29 is 9.53 Å². The summed E-state index contributed by atoms with van der Waals surface area (Å²) in [5.41, 5.74) is 4.99. The summed E-state index contributed by atoms with van der Waals surface area (Å²) in [7, 11) is 0. The van der Waals surface area contributed by atoms with Gasteiger partial charge in [0.05, 0.1) is 0 Å². The second-order valence-electron chi connectivity index (χ2n) is 5.48. The van der Waals surface area contributed by atoms with Crippen LogP contribution in [0.2, 0.25) is 0 Å². The van der Waals surface area contributed by atoms with Gasteiger partial charge in [0, 0.05) is 13.1 Å². The highest BCUT2D eigenvalue weighted by Crippen LogP contribution is 2.12. The molecule has 0 aromatic carbocycles. The van der Waals surface area contributed by atoms with Crippen LogP contribution in [0.1, 0.15) is 33.6 Å². The zero-order chi connectivity index (χ0) is 13.6. The molecular weight excluding hydrogens is 232 g/mol. The van der Waals surface area contributed by atoms with Crippen molar-refractivity contribution in [2.24, 2.45) is 5.73 Å². The third-order valence-electron chi connectivity index (χ3n) is 2.60. The van der Waals surface area contributed by atoms with E-state index in [1.54, 1.807) is 4.90 Å². The van der Waals surface area contributed by atoms with Crippen molar-refractivity contribution in [2.75, 3.05) is 26.2 Å². The van der Waals surface area contributed by atoms with Crippen LogP contribution < -0.4 is 16.4 Å². The molecule has 1 aliphatic rings. The summed E-state index contributed by atoms with van der Waals surface area (Å²) in [5.74, 6) is 0. The summed E-state index contributed by atoms with van der Waals surface area (Å²) in [5, 5.41) is 6.52. The maximum absolute atomic E-state index is 12.0. The molecule has 0 aromatic heterocycles. The van der Waals surface area contributed by atoms with Gasteiger partial charge in [-0.1, -0.05) is 0 Å². The molecule has 18 heavy (non-hydrogen) atoms. The molecule has 106 valence electrons.